The fourth-order valence-corrected chi connectivity index (χ4v) is 8.62. The first-order chi connectivity index (χ1) is 31.1. The molecule has 0 aliphatic heterocycles. The Morgan fingerprint density at radius 2 is 1.48 bits per heavy atom. The molecular weight excluding hydrogens is 875 g/mol. The van der Waals surface area contributed by atoms with Gasteiger partial charge in [-0.15, -0.1) is 0 Å². The van der Waals surface area contributed by atoms with Crippen molar-refractivity contribution in [3.63, 3.8) is 0 Å². The summed E-state index contributed by atoms with van der Waals surface area (Å²) in [6.07, 6.45) is 5.80. The maximum Gasteiger partial charge on any atom is 0.407 e. The monoisotopic (exact) mass is 937 g/mol. The molecule has 4 rings (SSSR count). The molecule has 1 atom stereocenters. The smallest absolute Gasteiger partial charge is 0.407 e. The lowest BCUT2D eigenvalue weighted by molar-refractivity contribution is -0.138. The molecule has 0 saturated carbocycles. The molecule has 0 spiro atoms. The molecule has 20 nitrogen and oxygen atoms in total. The molecule has 0 aliphatic carbocycles. The fraction of sp³-hybridized carbons (Fsp3) is 0.489. The Hall–Kier alpha value is -6.32. The highest BCUT2D eigenvalue weighted by atomic mass is 32.2. The van der Waals surface area contributed by atoms with Crippen molar-refractivity contribution >= 4 is 56.7 Å². The lowest BCUT2D eigenvalue weighted by Crippen LogP contribution is -2.49. The first-order valence-corrected chi connectivity index (χ1v) is 23.2. The summed E-state index contributed by atoms with van der Waals surface area (Å²) in [4.78, 5) is 80.6. The zero-order chi connectivity index (χ0) is 48.6. The minimum Gasteiger partial charge on any atom is -0.480 e. The van der Waals surface area contributed by atoms with Gasteiger partial charge >= 0.3 is 12.1 Å². The van der Waals surface area contributed by atoms with Crippen LogP contribution >= 0.6 is 0 Å². The van der Waals surface area contributed by atoms with E-state index in [0.717, 1.165) is 11.1 Å². The first-order valence-electron chi connectivity index (χ1n) is 21.7. The number of amides is 4. The van der Waals surface area contributed by atoms with Crippen molar-refractivity contribution in [2.45, 2.75) is 103 Å². The van der Waals surface area contributed by atoms with Gasteiger partial charge in [0.05, 0.1) is 10.4 Å². The molecule has 2 aromatic carbocycles. The van der Waals surface area contributed by atoms with Crippen LogP contribution in [0.15, 0.2) is 58.6 Å². The summed E-state index contributed by atoms with van der Waals surface area (Å²) in [7, 11) is -2.49. The SMILES string of the molecule is Cc1cc(C)c(S(=O)(=O)NC(CNC(=O)c2cn(CCCNC(=O)CCC(=O)NCCCOCCCNC(=O)OC(C)(C)C)c3cc(CNc4nccn4C)ccc3c2=O)C(=O)O)c(C)c1. The van der Waals surface area contributed by atoms with E-state index in [1.165, 1.54) is 6.20 Å². The molecule has 0 aliphatic rings. The summed E-state index contributed by atoms with van der Waals surface area (Å²) in [5.41, 5.74) is 1.51. The Morgan fingerprint density at radius 3 is 2.08 bits per heavy atom. The van der Waals surface area contributed by atoms with Crippen molar-refractivity contribution in [2.24, 2.45) is 7.05 Å². The number of carbonyl (C=O) groups is 5. The summed E-state index contributed by atoms with van der Waals surface area (Å²) in [5, 5.41) is 24.0. The van der Waals surface area contributed by atoms with Crippen LogP contribution in [0.3, 0.4) is 0 Å². The molecule has 0 saturated heterocycles. The van der Waals surface area contributed by atoms with Gasteiger partial charge in [0, 0.05) is 96.3 Å². The second kappa shape index (κ2) is 24.3. The number of anilines is 1. The molecule has 360 valence electrons. The first kappa shape index (κ1) is 52.3. The predicted octanol–water partition coefficient (Wildman–Crippen LogP) is 3.16. The summed E-state index contributed by atoms with van der Waals surface area (Å²) in [5.74, 6) is -2.44. The number of alkyl carbamates (subject to hydrolysis) is 1. The zero-order valence-electron chi connectivity index (χ0n) is 38.7. The van der Waals surface area contributed by atoms with Gasteiger partial charge in [-0.3, -0.25) is 24.0 Å². The number of fused-ring (bicyclic) bond motifs is 1. The minimum absolute atomic E-state index is 0.0175. The Morgan fingerprint density at radius 1 is 0.864 bits per heavy atom. The molecule has 0 radical (unpaired) electrons. The predicted molar refractivity (Wildman–Crippen MR) is 248 cm³/mol. The quantitative estimate of drug-likeness (QED) is 0.0472. The third-order valence-corrected chi connectivity index (χ3v) is 11.8. The number of aliphatic carboxylic acids is 1. The van der Waals surface area contributed by atoms with Gasteiger partial charge in [-0.05, 0) is 89.6 Å². The van der Waals surface area contributed by atoms with Crippen LogP contribution in [0.1, 0.15) is 85.5 Å². The second-order valence-corrected chi connectivity index (χ2v) is 18.5. The topological polar surface area (TPSA) is 270 Å². The van der Waals surface area contributed by atoms with Crippen LogP contribution in [-0.4, -0.2) is 108 Å². The van der Waals surface area contributed by atoms with Crippen LogP contribution in [0.4, 0.5) is 10.7 Å². The van der Waals surface area contributed by atoms with E-state index in [1.54, 1.807) is 81.9 Å². The van der Waals surface area contributed by atoms with E-state index in [0.29, 0.717) is 74.7 Å². The van der Waals surface area contributed by atoms with Gasteiger partial charge in [-0.1, -0.05) is 23.8 Å². The Bertz CT molecular complexity index is 2510. The van der Waals surface area contributed by atoms with E-state index in [1.807, 2.05) is 18.5 Å². The number of carbonyl (C=O) groups excluding carboxylic acids is 4. The van der Waals surface area contributed by atoms with Gasteiger partial charge in [0.2, 0.25) is 33.2 Å². The number of aryl methyl sites for hydroxylation is 5. The van der Waals surface area contributed by atoms with Crippen molar-refractivity contribution in [1.82, 2.24) is 40.1 Å². The average Bonchev–Trinajstić information content (AvgIpc) is 3.64. The molecule has 0 bridgehead atoms. The normalized spacial score (nSPS) is 12.0. The molecule has 21 heteroatoms. The average molecular weight is 938 g/mol. The summed E-state index contributed by atoms with van der Waals surface area (Å²) in [6.45, 7) is 12.2. The van der Waals surface area contributed by atoms with Crippen LogP contribution in [0.2, 0.25) is 0 Å². The van der Waals surface area contributed by atoms with Crippen LogP contribution < -0.4 is 36.7 Å². The maximum absolute atomic E-state index is 13.8. The van der Waals surface area contributed by atoms with Gasteiger partial charge < -0.3 is 50.3 Å². The van der Waals surface area contributed by atoms with E-state index in [-0.39, 0.29) is 53.6 Å². The van der Waals surface area contributed by atoms with Gasteiger partial charge in [0.15, 0.2) is 0 Å². The van der Waals surface area contributed by atoms with Crippen molar-refractivity contribution in [3.05, 3.63) is 87.0 Å². The number of ether oxygens (including phenoxy) is 2. The van der Waals surface area contributed by atoms with E-state index < -0.39 is 51.6 Å². The summed E-state index contributed by atoms with van der Waals surface area (Å²) >= 11 is 0. The largest absolute Gasteiger partial charge is 0.480 e. The van der Waals surface area contributed by atoms with Crippen LogP contribution in [0.25, 0.3) is 10.9 Å². The van der Waals surface area contributed by atoms with Gasteiger partial charge in [0.1, 0.15) is 17.2 Å². The number of sulfonamides is 1. The van der Waals surface area contributed by atoms with Crippen molar-refractivity contribution in [1.29, 1.82) is 0 Å². The number of nitrogens with zero attached hydrogens (tertiary/aromatic N) is 3. The number of pyridine rings is 1. The van der Waals surface area contributed by atoms with Crippen LogP contribution in [-0.2, 0) is 54.0 Å². The molecule has 1 unspecified atom stereocenters. The number of carboxylic acid groups (broad SMARTS) is 1. The van der Waals surface area contributed by atoms with Crippen LogP contribution in [0, 0.1) is 20.8 Å². The Labute approximate surface area is 384 Å². The maximum atomic E-state index is 13.8. The second-order valence-electron chi connectivity index (χ2n) is 16.9. The molecule has 7 N–H and O–H groups in total. The van der Waals surface area contributed by atoms with E-state index in [4.69, 9.17) is 9.47 Å². The third-order valence-electron chi connectivity index (χ3n) is 10.00. The standard InChI is InChI=1S/C45H63N9O11S/c1-29-23-30(2)40(31(3)24-29)66(62,63)52-35(42(59)60)27-50-41(58)34-28-54(36-25-32(11-12-33(36)39(34)57)26-51-43-48-18-20-53(43)7)19-8-15-46-37(55)13-14-38(56)47-16-9-21-64-22-10-17-49-44(61)65-45(4,5)6/h11-12,18,20,23-25,28,35,52H,8-10,13-17,19,21-22,26-27H2,1-7H3,(H,46,55)(H,47,56)(H,48,51)(H,49,61)(H,50,58)(H,59,60). The number of hydrogen-bond acceptors (Lipinski definition) is 12. The highest BCUT2D eigenvalue weighted by Gasteiger charge is 2.29. The van der Waals surface area contributed by atoms with E-state index in [9.17, 15) is 42.3 Å². The summed E-state index contributed by atoms with van der Waals surface area (Å²) < 4.78 is 43.1. The molecule has 4 amide bonds. The Kier molecular flexibility index (Phi) is 19.2. The van der Waals surface area contributed by atoms with E-state index in [2.05, 4.69) is 36.3 Å². The lowest BCUT2D eigenvalue weighted by Gasteiger charge is -2.19. The van der Waals surface area contributed by atoms with E-state index >= 15 is 0 Å². The van der Waals surface area contributed by atoms with Crippen molar-refractivity contribution < 1.29 is 47.0 Å². The lowest BCUT2D eigenvalue weighted by atomic mass is 10.1. The minimum atomic E-state index is -4.33. The summed E-state index contributed by atoms with van der Waals surface area (Å²) in [6, 6.07) is 6.70. The number of nitrogens with one attached hydrogen (secondary N) is 6. The molecule has 2 heterocycles. The van der Waals surface area contributed by atoms with Gasteiger partial charge in [-0.2, -0.15) is 4.72 Å². The zero-order valence-corrected chi connectivity index (χ0v) is 39.5. The van der Waals surface area contributed by atoms with Gasteiger partial charge in [-0.25, -0.2) is 18.2 Å². The third kappa shape index (κ3) is 16.3. The number of hydrogen-bond donors (Lipinski definition) is 7. The molecule has 66 heavy (non-hydrogen) atoms. The Balaban J connectivity index is 1.33. The van der Waals surface area contributed by atoms with Crippen LogP contribution in [0.5, 0.6) is 0 Å². The number of benzene rings is 2. The molecule has 0 fully saturated rings. The number of carboxylic acids is 1. The van der Waals surface area contributed by atoms with Gasteiger partial charge in [0.25, 0.3) is 5.91 Å². The molecule has 4 aromatic rings. The fourth-order valence-electron chi connectivity index (χ4n) is 6.98. The highest BCUT2D eigenvalue weighted by molar-refractivity contribution is 7.89. The number of imidazole rings is 1. The highest BCUT2D eigenvalue weighted by Crippen LogP contribution is 2.22. The number of rotatable bonds is 25. The van der Waals surface area contributed by atoms with Crippen molar-refractivity contribution in [3.8, 4) is 0 Å². The molecule has 2 aromatic heterocycles. The molecular formula is C45H63N9O11S. The van der Waals surface area contributed by atoms with Crippen molar-refractivity contribution in [2.75, 3.05) is 44.7 Å². The number of aromatic nitrogens is 3.